The Bertz CT molecular complexity index is 456. The van der Waals surface area contributed by atoms with Gasteiger partial charge in [0.2, 0.25) is 0 Å². The van der Waals surface area contributed by atoms with Gasteiger partial charge in [0.1, 0.15) is 5.75 Å². The van der Waals surface area contributed by atoms with Crippen molar-refractivity contribution in [3.63, 3.8) is 0 Å². The molecule has 0 aliphatic rings. The van der Waals surface area contributed by atoms with Crippen LogP contribution in [0.25, 0.3) is 10.9 Å². The first kappa shape index (κ1) is 9.34. The third-order valence-electron chi connectivity index (χ3n) is 1.97. The van der Waals surface area contributed by atoms with Gasteiger partial charge < -0.3 is 4.74 Å². The number of hydrogen-bond donors (Lipinski definition) is 1. The van der Waals surface area contributed by atoms with Gasteiger partial charge in [0, 0.05) is 16.5 Å². The number of thiol groups is 1. The number of pyridine rings is 1. The lowest BCUT2D eigenvalue weighted by Gasteiger charge is -2.06. The first-order valence-electron chi connectivity index (χ1n) is 4.52. The van der Waals surface area contributed by atoms with Gasteiger partial charge in [0.05, 0.1) is 12.1 Å². The maximum Gasteiger partial charge on any atom is 0.121 e. The summed E-state index contributed by atoms with van der Waals surface area (Å²) in [6.45, 7) is 2.63. The number of aromatic nitrogens is 1. The van der Waals surface area contributed by atoms with Gasteiger partial charge in [0.25, 0.3) is 0 Å². The van der Waals surface area contributed by atoms with E-state index in [9.17, 15) is 0 Å². The molecular formula is C11H11NOS. The van der Waals surface area contributed by atoms with Crippen LogP contribution in [0.15, 0.2) is 35.4 Å². The highest BCUT2D eigenvalue weighted by molar-refractivity contribution is 7.80. The Balaban J connectivity index is 2.60. The molecule has 0 unspecified atom stereocenters. The average Bonchev–Trinajstić information content (AvgIpc) is 2.18. The molecule has 3 heteroatoms. The van der Waals surface area contributed by atoms with E-state index in [1.807, 2.05) is 31.2 Å². The zero-order chi connectivity index (χ0) is 9.97. The Hall–Kier alpha value is -1.22. The summed E-state index contributed by atoms with van der Waals surface area (Å²) in [6.07, 6.45) is 1.77. The number of rotatable bonds is 2. The molecule has 2 aromatic rings. The van der Waals surface area contributed by atoms with E-state index in [4.69, 9.17) is 4.74 Å². The zero-order valence-corrected chi connectivity index (χ0v) is 8.79. The van der Waals surface area contributed by atoms with Gasteiger partial charge in [-0.3, -0.25) is 4.98 Å². The van der Waals surface area contributed by atoms with Crippen molar-refractivity contribution in [3.05, 3.63) is 30.5 Å². The van der Waals surface area contributed by atoms with Gasteiger partial charge in [0.15, 0.2) is 0 Å². The van der Waals surface area contributed by atoms with Crippen LogP contribution in [0.1, 0.15) is 6.92 Å². The lowest BCUT2D eigenvalue weighted by Crippen LogP contribution is -1.92. The third kappa shape index (κ3) is 1.68. The highest BCUT2D eigenvalue weighted by atomic mass is 32.1. The quantitative estimate of drug-likeness (QED) is 0.761. The highest BCUT2D eigenvalue weighted by Gasteiger charge is 2.01. The van der Waals surface area contributed by atoms with Gasteiger partial charge in [-0.15, -0.1) is 12.6 Å². The van der Waals surface area contributed by atoms with Crippen molar-refractivity contribution < 1.29 is 4.74 Å². The highest BCUT2D eigenvalue weighted by Crippen LogP contribution is 2.25. The standard InChI is InChI=1S/C11H11NOS/c1-2-13-9-6-8-4-3-5-12-11(8)10(14)7-9/h3-7,14H,2H2,1H3. The fourth-order valence-corrected chi connectivity index (χ4v) is 1.71. The molecule has 72 valence electrons. The third-order valence-corrected chi connectivity index (χ3v) is 2.31. The maximum atomic E-state index is 5.42. The predicted molar refractivity (Wildman–Crippen MR) is 60.2 cm³/mol. The summed E-state index contributed by atoms with van der Waals surface area (Å²) < 4.78 is 5.42. The van der Waals surface area contributed by atoms with Crippen LogP contribution in [0.3, 0.4) is 0 Å². The summed E-state index contributed by atoms with van der Waals surface area (Å²) in [5.74, 6) is 0.845. The lowest BCUT2D eigenvalue weighted by atomic mass is 10.2. The number of ether oxygens (including phenoxy) is 1. The first-order valence-corrected chi connectivity index (χ1v) is 4.96. The van der Waals surface area contributed by atoms with Crippen LogP contribution in [0, 0.1) is 0 Å². The molecule has 0 saturated carbocycles. The van der Waals surface area contributed by atoms with Crippen LogP contribution in [0.2, 0.25) is 0 Å². The second kappa shape index (κ2) is 3.88. The van der Waals surface area contributed by atoms with Crippen LogP contribution in [0.5, 0.6) is 5.75 Å². The molecule has 0 aliphatic heterocycles. The number of fused-ring (bicyclic) bond motifs is 1. The van der Waals surface area contributed by atoms with E-state index in [2.05, 4.69) is 17.6 Å². The molecule has 0 spiro atoms. The summed E-state index contributed by atoms with van der Waals surface area (Å²) in [4.78, 5) is 5.10. The Morgan fingerprint density at radius 3 is 3.07 bits per heavy atom. The second-order valence-corrected chi connectivity index (χ2v) is 3.43. The molecule has 0 fully saturated rings. The van der Waals surface area contributed by atoms with Crippen LogP contribution in [-0.2, 0) is 0 Å². The zero-order valence-electron chi connectivity index (χ0n) is 7.90. The number of hydrogen-bond acceptors (Lipinski definition) is 3. The molecular weight excluding hydrogens is 194 g/mol. The van der Waals surface area contributed by atoms with Gasteiger partial charge in [-0.2, -0.15) is 0 Å². The molecule has 0 N–H and O–H groups in total. The maximum absolute atomic E-state index is 5.42. The molecule has 0 bridgehead atoms. The summed E-state index contributed by atoms with van der Waals surface area (Å²) in [7, 11) is 0. The van der Waals surface area contributed by atoms with Crippen molar-refractivity contribution in [1.82, 2.24) is 4.98 Å². The van der Waals surface area contributed by atoms with Crippen LogP contribution in [0.4, 0.5) is 0 Å². The molecule has 1 aromatic heterocycles. The van der Waals surface area contributed by atoms with E-state index < -0.39 is 0 Å². The monoisotopic (exact) mass is 205 g/mol. The molecule has 2 rings (SSSR count). The summed E-state index contributed by atoms with van der Waals surface area (Å²) in [6, 6.07) is 7.78. The average molecular weight is 205 g/mol. The second-order valence-electron chi connectivity index (χ2n) is 2.95. The van der Waals surface area contributed by atoms with E-state index in [0.717, 1.165) is 21.5 Å². The van der Waals surface area contributed by atoms with E-state index in [0.29, 0.717) is 6.61 Å². The molecule has 0 radical (unpaired) electrons. The van der Waals surface area contributed by atoms with E-state index in [-0.39, 0.29) is 0 Å². The minimum Gasteiger partial charge on any atom is -0.494 e. The van der Waals surface area contributed by atoms with Crippen molar-refractivity contribution in [2.75, 3.05) is 6.61 Å². The molecule has 0 amide bonds. The van der Waals surface area contributed by atoms with Crippen LogP contribution < -0.4 is 4.74 Å². The molecule has 0 saturated heterocycles. The van der Waals surface area contributed by atoms with Gasteiger partial charge in [-0.25, -0.2) is 0 Å². The minimum absolute atomic E-state index is 0.666. The fourth-order valence-electron chi connectivity index (χ4n) is 1.40. The minimum atomic E-state index is 0.666. The Morgan fingerprint density at radius 2 is 2.29 bits per heavy atom. The fraction of sp³-hybridized carbons (Fsp3) is 0.182. The SMILES string of the molecule is CCOc1cc(S)c2ncccc2c1. The molecule has 2 nitrogen and oxygen atoms in total. The Morgan fingerprint density at radius 1 is 1.43 bits per heavy atom. The van der Waals surface area contributed by atoms with Crippen molar-refractivity contribution >= 4 is 23.5 Å². The summed E-state index contributed by atoms with van der Waals surface area (Å²) in [5, 5.41) is 1.06. The van der Waals surface area contributed by atoms with E-state index in [1.165, 1.54) is 0 Å². The Kier molecular flexibility index (Phi) is 2.59. The van der Waals surface area contributed by atoms with Crippen molar-refractivity contribution in [3.8, 4) is 5.75 Å². The summed E-state index contributed by atoms with van der Waals surface area (Å²) >= 11 is 4.37. The van der Waals surface area contributed by atoms with Gasteiger partial charge in [-0.05, 0) is 25.1 Å². The molecule has 1 heterocycles. The van der Waals surface area contributed by atoms with Crippen molar-refractivity contribution in [1.29, 1.82) is 0 Å². The number of nitrogens with zero attached hydrogens (tertiary/aromatic N) is 1. The smallest absolute Gasteiger partial charge is 0.121 e. The molecule has 1 aromatic carbocycles. The molecule has 14 heavy (non-hydrogen) atoms. The first-order chi connectivity index (χ1) is 6.81. The predicted octanol–water partition coefficient (Wildman–Crippen LogP) is 2.92. The number of benzene rings is 1. The van der Waals surface area contributed by atoms with Gasteiger partial charge in [-0.1, -0.05) is 6.07 Å². The van der Waals surface area contributed by atoms with Crippen LogP contribution in [-0.4, -0.2) is 11.6 Å². The Labute approximate surface area is 88.3 Å². The normalized spacial score (nSPS) is 10.4. The molecule has 0 aliphatic carbocycles. The van der Waals surface area contributed by atoms with E-state index >= 15 is 0 Å². The van der Waals surface area contributed by atoms with Crippen LogP contribution >= 0.6 is 12.6 Å². The van der Waals surface area contributed by atoms with Crippen molar-refractivity contribution in [2.24, 2.45) is 0 Å². The topological polar surface area (TPSA) is 22.1 Å². The lowest BCUT2D eigenvalue weighted by molar-refractivity contribution is 0.340. The largest absolute Gasteiger partial charge is 0.494 e. The molecule has 0 atom stereocenters. The van der Waals surface area contributed by atoms with Crippen molar-refractivity contribution in [2.45, 2.75) is 11.8 Å². The van der Waals surface area contributed by atoms with E-state index in [1.54, 1.807) is 6.20 Å². The van der Waals surface area contributed by atoms with Gasteiger partial charge >= 0.3 is 0 Å². The summed E-state index contributed by atoms with van der Waals surface area (Å²) in [5.41, 5.74) is 0.916.